The third kappa shape index (κ3) is 4.43. The average Bonchev–Trinajstić information content (AvgIpc) is 3.08. The van der Waals surface area contributed by atoms with Crippen molar-refractivity contribution in [2.75, 3.05) is 12.0 Å². The van der Waals surface area contributed by atoms with E-state index in [1.54, 1.807) is 0 Å². The van der Waals surface area contributed by atoms with E-state index >= 15 is 0 Å². The zero-order valence-electron chi connectivity index (χ0n) is 17.2. The molecule has 0 bridgehead atoms. The topological polar surface area (TPSA) is 112 Å². The maximum Gasteiger partial charge on any atom is 0.388 e. The fourth-order valence-corrected chi connectivity index (χ4v) is 4.21. The highest BCUT2D eigenvalue weighted by Crippen LogP contribution is 2.53. The molecule has 0 saturated heterocycles. The molecule has 1 fully saturated rings. The summed E-state index contributed by atoms with van der Waals surface area (Å²) in [5.41, 5.74) is 2.79. The Kier molecular flexibility index (Phi) is 6.00. The number of amidine groups is 1. The largest absolute Gasteiger partial charge is 0.461 e. The van der Waals surface area contributed by atoms with E-state index in [0.29, 0.717) is 0 Å². The third-order valence-electron chi connectivity index (χ3n) is 5.63. The van der Waals surface area contributed by atoms with Gasteiger partial charge in [0.05, 0.1) is 12.4 Å². The number of carbonyl (C=O) groups is 1. The highest BCUT2D eigenvalue weighted by atomic mass is 19.3. The number of nitrogens with two attached hydrogens (primary N) is 1. The maximum absolute atomic E-state index is 14.9. The smallest absolute Gasteiger partial charge is 0.388 e. The number of rotatable bonds is 6. The number of hydrogen-bond acceptors (Lipinski definition) is 7. The van der Waals surface area contributed by atoms with Crippen LogP contribution in [0.3, 0.4) is 0 Å². The third-order valence-corrected chi connectivity index (χ3v) is 5.63. The van der Waals surface area contributed by atoms with E-state index in [2.05, 4.69) is 25.0 Å². The first-order chi connectivity index (χ1) is 16.0. The van der Waals surface area contributed by atoms with Gasteiger partial charge in [-0.05, 0) is 18.2 Å². The molecular weight excluding hydrogens is 472 g/mol. The summed E-state index contributed by atoms with van der Waals surface area (Å²) < 4.78 is 91.1. The number of benzene rings is 1. The van der Waals surface area contributed by atoms with Gasteiger partial charge in [-0.15, -0.1) is 0 Å². The Bertz CT molecular complexity index is 1120. The Morgan fingerprint density at radius 3 is 2.68 bits per heavy atom. The van der Waals surface area contributed by atoms with Gasteiger partial charge < -0.3 is 20.5 Å². The normalized spacial score (nSPS) is 25.3. The molecule has 4 rings (SSSR count). The van der Waals surface area contributed by atoms with Crippen LogP contribution < -0.4 is 15.8 Å². The molecule has 2 aliphatic rings. The van der Waals surface area contributed by atoms with Crippen molar-refractivity contribution < 1.29 is 40.6 Å². The molecular formula is C20H17F6N5O3. The Balaban J connectivity index is 1.64. The van der Waals surface area contributed by atoms with Crippen molar-refractivity contribution in [3.8, 4) is 5.88 Å². The molecule has 182 valence electrons. The fourth-order valence-electron chi connectivity index (χ4n) is 4.21. The lowest BCUT2D eigenvalue weighted by Gasteiger charge is -2.40. The number of nitrogens with one attached hydrogen (secondary N) is 1. The monoisotopic (exact) mass is 489 g/mol. The number of anilines is 1. The van der Waals surface area contributed by atoms with Gasteiger partial charge in [0, 0.05) is 30.0 Å². The molecule has 2 heterocycles. The lowest BCUT2D eigenvalue weighted by Crippen LogP contribution is -2.48. The number of fused-ring (bicyclic) bond motifs is 1. The molecule has 1 aromatic carbocycles. The molecule has 1 saturated carbocycles. The molecule has 14 heteroatoms. The SMILES string of the molecule is NC1=NC(CF)(c2cc(NC(=O)c3cnc(OC(F)F)cn3)ccc2F)C2CC(F)(F)C[C@@H]2O1. The lowest BCUT2D eigenvalue weighted by atomic mass is 9.76. The Morgan fingerprint density at radius 1 is 1.26 bits per heavy atom. The standard InChI is InChI=1S/C20H17F6N5O3/c21-8-20(11-4-19(25,26)5-14(11)33-18(27)31-20)10-3-9(1-2-12(10)22)30-16(32)13-6-29-15(7-28-13)34-17(23)24/h1-3,6-7,11,14,17H,4-5,8H2,(H2,27,31)(H,30,32)/t11?,14-,20?/m0/s1. The first kappa shape index (κ1) is 23.6. The van der Waals surface area contributed by atoms with Crippen molar-refractivity contribution in [2.45, 2.75) is 37.0 Å². The van der Waals surface area contributed by atoms with Gasteiger partial charge in [0.25, 0.3) is 17.9 Å². The number of alkyl halides is 5. The summed E-state index contributed by atoms with van der Waals surface area (Å²) in [6, 6.07) is 2.57. The minimum absolute atomic E-state index is 0.0366. The number of halogens is 6. The maximum atomic E-state index is 14.9. The molecule has 3 N–H and O–H groups in total. The zero-order chi connectivity index (χ0) is 24.7. The zero-order valence-corrected chi connectivity index (χ0v) is 17.2. The van der Waals surface area contributed by atoms with E-state index in [1.165, 1.54) is 0 Å². The van der Waals surface area contributed by atoms with E-state index in [0.717, 1.165) is 30.6 Å². The lowest BCUT2D eigenvalue weighted by molar-refractivity contribution is -0.0531. The molecule has 1 aromatic heterocycles. The summed E-state index contributed by atoms with van der Waals surface area (Å²) in [6.45, 7) is -4.48. The first-order valence-electron chi connectivity index (χ1n) is 9.87. The van der Waals surface area contributed by atoms with Crippen LogP contribution >= 0.6 is 0 Å². The van der Waals surface area contributed by atoms with E-state index in [-0.39, 0.29) is 11.4 Å². The first-order valence-corrected chi connectivity index (χ1v) is 9.87. The summed E-state index contributed by atoms with van der Waals surface area (Å²) >= 11 is 0. The minimum atomic E-state index is -3.18. The second-order valence-electron chi connectivity index (χ2n) is 7.80. The van der Waals surface area contributed by atoms with Gasteiger partial charge in [0.2, 0.25) is 5.88 Å². The molecule has 2 aromatic rings. The predicted molar refractivity (Wildman–Crippen MR) is 105 cm³/mol. The van der Waals surface area contributed by atoms with Gasteiger partial charge >= 0.3 is 6.61 Å². The van der Waals surface area contributed by atoms with Crippen LogP contribution in [0.2, 0.25) is 0 Å². The van der Waals surface area contributed by atoms with E-state index in [1.807, 2.05) is 0 Å². The van der Waals surface area contributed by atoms with Crippen molar-refractivity contribution in [2.24, 2.45) is 16.6 Å². The van der Waals surface area contributed by atoms with Crippen LogP contribution in [0, 0.1) is 11.7 Å². The van der Waals surface area contributed by atoms with Crippen LogP contribution in [-0.4, -0.2) is 47.2 Å². The second-order valence-corrected chi connectivity index (χ2v) is 7.80. The van der Waals surface area contributed by atoms with Gasteiger partial charge in [0.15, 0.2) is 0 Å². The molecule has 0 spiro atoms. The van der Waals surface area contributed by atoms with E-state index in [4.69, 9.17) is 10.5 Å². The Labute approximate surface area is 188 Å². The quantitative estimate of drug-likeness (QED) is 0.602. The van der Waals surface area contributed by atoms with E-state index < -0.39 is 78.8 Å². The number of aromatic nitrogens is 2. The van der Waals surface area contributed by atoms with Crippen LogP contribution in [0.25, 0.3) is 0 Å². The molecule has 1 amide bonds. The number of carbonyl (C=O) groups excluding carboxylic acids is 1. The van der Waals surface area contributed by atoms with Crippen molar-refractivity contribution >= 4 is 17.6 Å². The van der Waals surface area contributed by atoms with E-state index in [9.17, 15) is 31.1 Å². The summed E-state index contributed by atoms with van der Waals surface area (Å²) in [5.74, 6) is -6.72. The molecule has 3 atom stereocenters. The molecule has 8 nitrogen and oxygen atoms in total. The minimum Gasteiger partial charge on any atom is -0.461 e. The van der Waals surface area contributed by atoms with Crippen molar-refractivity contribution in [3.63, 3.8) is 0 Å². The average molecular weight is 489 g/mol. The van der Waals surface area contributed by atoms with Gasteiger partial charge in [0.1, 0.15) is 29.8 Å². The van der Waals surface area contributed by atoms with Gasteiger partial charge in [-0.2, -0.15) is 8.78 Å². The summed E-state index contributed by atoms with van der Waals surface area (Å²) in [6.07, 6.45) is -1.02. The predicted octanol–water partition coefficient (Wildman–Crippen LogP) is 3.39. The van der Waals surface area contributed by atoms with Crippen molar-refractivity contribution in [1.29, 1.82) is 0 Å². The van der Waals surface area contributed by atoms with Gasteiger partial charge in [-0.3, -0.25) is 4.79 Å². The van der Waals surface area contributed by atoms with Crippen LogP contribution in [0.4, 0.5) is 32.0 Å². The molecule has 1 aliphatic carbocycles. The fraction of sp³-hybridized carbons (Fsp3) is 0.400. The number of amides is 1. The van der Waals surface area contributed by atoms with Crippen LogP contribution in [0.1, 0.15) is 28.9 Å². The highest BCUT2D eigenvalue weighted by Gasteiger charge is 2.60. The second kappa shape index (κ2) is 8.65. The number of hydrogen-bond donors (Lipinski definition) is 2. The molecule has 1 aliphatic heterocycles. The Hall–Kier alpha value is -3.58. The van der Waals surface area contributed by atoms with Gasteiger partial charge in [-0.25, -0.2) is 32.5 Å². The molecule has 2 unspecified atom stereocenters. The summed E-state index contributed by atoms with van der Waals surface area (Å²) in [5, 5.41) is 2.37. The number of nitrogens with zero attached hydrogens (tertiary/aromatic N) is 3. The van der Waals surface area contributed by atoms with Crippen molar-refractivity contribution in [3.05, 3.63) is 47.7 Å². The Morgan fingerprint density at radius 2 is 2.03 bits per heavy atom. The van der Waals surface area contributed by atoms with Crippen molar-refractivity contribution in [1.82, 2.24) is 9.97 Å². The molecule has 34 heavy (non-hydrogen) atoms. The van der Waals surface area contributed by atoms with Gasteiger partial charge in [-0.1, -0.05) is 0 Å². The molecule has 0 radical (unpaired) electrons. The number of ether oxygens (including phenoxy) is 2. The van der Waals surface area contributed by atoms with Crippen LogP contribution in [0.5, 0.6) is 5.88 Å². The summed E-state index contributed by atoms with van der Waals surface area (Å²) in [7, 11) is 0. The highest BCUT2D eigenvalue weighted by molar-refractivity contribution is 6.02. The van der Waals surface area contributed by atoms with Crippen LogP contribution in [0.15, 0.2) is 35.6 Å². The summed E-state index contributed by atoms with van der Waals surface area (Å²) in [4.78, 5) is 23.5. The number of aliphatic imine (C=N–C) groups is 1. The van der Waals surface area contributed by atoms with Crippen LogP contribution in [-0.2, 0) is 10.3 Å².